The van der Waals surface area contributed by atoms with E-state index in [1.54, 1.807) is 23.3 Å². The maximum atomic E-state index is 12.5. The summed E-state index contributed by atoms with van der Waals surface area (Å²) in [5.41, 5.74) is 3.41. The molecule has 2 aromatic heterocycles. The molecule has 1 fully saturated rings. The monoisotopic (exact) mass is 367 g/mol. The zero-order valence-electron chi connectivity index (χ0n) is 16.6. The maximum absolute atomic E-state index is 12.5. The summed E-state index contributed by atoms with van der Waals surface area (Å²) in [5, 5.41) is 0. The van der Waals surface area contributed by atoms with Gasteiger partial charge in [0.15, 0.2) is 0 Å². The van der Waals surface area contributed by atoms with Gasteiger partial charge < -0.3 is 4.90 Å². The second-order valence-corrected chi connectivity index (χ2v) is 8.92. The van der Waals surface area contributed by atoms with Gasteiger partial charge in [-0.1, -0.05) is 20.8 Å². The first-order chi connectivity index (χ1) is 12.9. The standard InChI is InChI=1S/C21H29N5O/c1-21(2,3)18-11-19(27)26(14-24-18)12-15-7-9-25(10-8-15)20-16-5-4-6-17(16)22-13-23-20/h11,13-15H,4-10,12H2,1-3H3. The normalized spacial score (nSPS) is 18.0. The average Bonchev–Trinajstić information content (AvgIpc) is 3.12. The van der Waals surface area contributed by atoms with Crippen LogP contribution in [0.3, 0.4) is 0 Å². The van der Waals surface area contributed by atoms with Gasteiger partial charge in [-0.25, -0.2) is 15.0 Å². The van der Waals surface area contributed by atoms with Crippen molar-refractivity contribution in [1.29, 1.82) is 0 Å². The van der Waals surface area contributed by atoms with Crippen LogP contribution in [0, 0.1) is 5.92 Å². The van der Waals surface area contributed by atoms with Gasteiger partial charge in [0.25, 0.3) is 5.56 Å². The highest BCUT2D eigenvalue weighted by Crippen LogP contribution is 2.30. The van der Waals surface area contributed by atoms with Crippen LogP contribution in [0.15, 0.2) is 23.5 Å². The molecule has 4 rings (SSSR count). The molecule has 0 saturated carbocycles. The van der Waals surface area contributed by atoms with E-state index in [0.717, 1.165) is 56.8 Å². The molecule has 0 aromatic carbocycles. The van der Waals surface area contributed by atoms with Gasteiger partial charge in [-0.3, -0.25) is 9.36 Å². The van der Waals surface area contributed by atoms with Gasteiger partial charge in [0.1, 0.15) is 12.1 Å². The van der Waals surface area contributed by atoms with Crippen LogP contribution < -0.4 is 10.5 Å². The molecule has 0 bridgehead atoms. The third-order valence-electron chi connectivity index (χ3n) is 5.87. The highest BCUT2D eigenvalue weighted by molar-refractivity contribution is 5.50. The molecular weight excluding hydrogens is 338 g/mol. The Morgan fingerprint density at radius 1 is 1.11 bits per heavy atom. The second-order valence-electron chi connectivity index (χ2n) is 8.92. The Morgan fingerprint density at radius 3 is 2.59 bits per heavy atom. The average molecular weight is 367 g/mol. The molecule has 0 amide bonds. The van der Waals surface area contributed by atoms with Crippen LogP contribution in [0.1, 0.15) is 57.0 Å². The first-order valence-corrected chi connectivity index (χ1v) is 10.1. The molecule has 1 saturated heterocycles. The van der Waals surface area contributed by atoms with Gasteiger partial charge in [0.2, 0.25) is 0 Å². The minimum Gasteiger partial charge on any atom is -0.356 e. The number of piperidine rings is 1. The summed E-state index contributed by atoms with van der Waals surface area (Å²) >= 11 is 0. The van der Waals surface area contributed by atoms with Crippen molar-refractivity contribution < 1.29 is 0 Å². The third-order valence-corrected chi connectivity index (χ3v) is 5.87. The molecule has 144 valence electrons. The predicted octanol–water partition coefficient (Wildman–Crippen LogP) is 2.74. The van der Waals surface area contributed by atoms with Gasteiger partial charge in [-0.2, -0.15) is 0 Å². The zero-order chi connectivity index (χ0) is 19.0. The molecule has 3 heterocycles. The Balaban J connectivity index is 1.41. The number of anilines is 1. The van der Waals surface area contributed by atoms with Crippen molar-refractivity contribution in [3.8, 4) is 0 Å². The van der Waals surface area contributed by atoms with Gasteiger partial charge >= 0.3 is 0 Å². The predicted molar refractivity (Wildman–Crippen MR) is 106 cm³/mol. The van der Waals surface area contributed by atoms with E-state index < -0.39 is 0 Å². The molecular formula is C21H29N5O. The molecule has 0 atom stereocenters. The van der Waals surface area contributed by atoms with E-state index >= 15 is 0 Å². The Labute approximate surface area is 160 Å². The van der Waals surface area contributed by atoms with Gasteiger partial charge in [0.05, 0.1) is 12.0 Å². The van der Waals surface area contributed by atoms with Crippen molar-refractivity contribution >= 4 is 5.82 Å². The largest absolute Gasteiger partial charge is 0.356 e. The second kappa shape index (κ2) is 7.06. The van der Waals surface area contributed by atoms with Gasteiger partial charge in [0, 0.05) is 42.4 Å². The van der Waals surface area contributed by atoms with E-state index in [1.807, 2.05) is 0 Å². The van der Waals surface area contributed by atoms with E-state index in [2.05, 4.69) is 40.6 Å². The number of hydrogen-bond acceptors (Lipinski definition) is 5. The fourth-order valence-corrected chi connectivity index (χ4v) is 4.19. The fraction of sp³-hybridized carbons (Fsp3) is 0.619. The van der Waals surface area contributed by atoms with Crippen LogP contribution in [0.4, 0.5) is 5.82 Å². The van der Waals surface area contributed by atoms with Crippen LogP contribution >= 0.6 is 0 Å². The number of hydrogen-bond donors (Lipinski definition) is 0. The van der Waals surface area contributed by atoms with E-state index in [0.29, 0.717) is 5.92 Å². The smallest absolute Gasteiger partial charge is 0.253 e. The Morgan fingerprint density at radius 2 is 1.89 bits per heavy atom. The van der Waals surface area contributed by atoms with Crippen LogP contribution in [0.5, 0.6) is 0 Å². The number of aryl methyl sites for hydroxylation is 1. The summed E-state index contributed by atoms with van der Waals surface area (Å²) < 4.78 is 1.78. The number of fused-ring (bicyclic) bond motifs is 1. The fourth-order valence-electron chi connectivity index (χ4n) is 4.19. The minimum atomic E-state index is -0.0958. The van der Waals surface area contributed by atoms with E-state index in [-0.39, 0.29) is 11.0 Å². The molecule has 0 spiro atoms. The van der Waals surface area contributed by atoms with Crippen molar-refractivity contribution in [1.82, 2.24) is 19.5 Å². The van der Waals surface area contributed by atoms with Gasteiger partial charge in [-0.15, -0.1) is 0 Å². The summed E-state index contributed by atoms with van der Waals surface area (Å²) in [6.45, 7) is 8.99. The van der Waals surface area contributed by atoms with Gasteiger partial charge in [-0.05, 0) is 38.0 Å². The zero-order valence-corrected chi connectivity index (χ0v) is 16.6. The number of nitrogens with zero attached hydrogens (tertiary/aromatic N) is 5. The summed E-state index contributed by atoms with van der Waals surface area (Å²) in [6.07, 6.45) is 8.98. The first kappa shape index (κ1) is 18.1. The highest BCUT2D eigenvalue weighted by atomic mass is 16.1. The van der Waals surface area contributed by atoms with Crippen LogP contribution in [-0.4, -0.2) is 32.6 Å². The van der Waals surface area contributed by atoms with Crippen LogP contribution in [-0.2, 0) is 24.8 Å². The summed E-state index contributed by atoms with van der Waals surface area (Å²) in [5.74, 6) is 1.65. The summed E-state index contributed by atoms with van der Waals surface area (Å²) in [7, 11) is 0. The third kappa shape index (κ3) is 3.75. The molecule has 27 heavy (non-hydrogen) atoms. The van der Waals surface area contributed by atoms with E-state index in [9.17, 15) is 4.79 Å². The van der Waals surface area contributed by atoms with E-state index in [1.165, 1.54) is 17.7 Å². The lowest BCUT2D eigenvalue weighted by Gasteiger charge is -2.34. The number of aromatic nitrogens is 4. The molecule has 0 unspecified atom stereocenters. The molecule has 6 heteroatoms. The molecule has 2 aliphatic rings. The van der Waals surface area contributed by atoms with Crippen molar-refractivity contribution in [2.24, 2.45) is 5.92 Å². The van der Waals surface area contributed by atoms with Crippen molar-refractivity contribution in [3.63, 3.8) is 0 Å². The maximum Gasteiger partial charge on any atom is 0.253 e. The molecule has 1 aliphatic carbocycles. The summed E-state index contributed by atoms with van der Waals surface area (Å²) in [4.78, 5) is 28.4. The van der Waals surface area contributed by atoms with Crippen molar-refractivity contribution in [2.45, 2.75) is 64.8 Å². The van der Waals surface area contributed by atoms with Crippen LogP contribution in [0.25, 0.3) is 0 Å². The lowest BCUT2D eigenvalue weighted by atomic mass is 9.92. The molecule has 0 N–H and O–H groups in total. The molecule has 2 aromatic rings. The van der Waals surface area contributed by atoms with E-state index in [4.69, 9.17) is 0 Å². The molecule has 6 nitrogen and oxygen atoms in total. The minimum absolute atomic E-state index is 0.0611. The van der Waals surface area contributed by atoms with Crippen molar-refractivity contribution in [2.75, 3.05) is 18.0 Å². The van der Waals surface area contributed by atoms with Crippen molar-refractivity contribution in [3.05, 3.63) is 46.0 Å². The molecule has 0 radical (unpaired) electrons. The Hall–Kier alpha value is -2.24. The van der Waals surface area contributed by atoms with Crippen LogP contribution in [0.2, 0.25) is 0 Å². The lowest BCUT2D eigenvalue weighted by molar-refractivity contribution is 0.349. The Kier molecular flexibility index (Phi) is 4.74. The topological polar surface area (TPSA) is 63.9 Å². The molecule has 1 aliphatic heterocycles. The SMILES string of the molecule is CC(C)(C)c1cc(=O)n(CC2CCN(c3ncnc4c3CCC4)CC2)cn1. The summed E-state index contributed by atoms with van der Waals surface area (Å²) in [6, 6.07) is 1.69. The number of rotatable bonds is 3. The highest BCUT2D eigenvalue weighted by Gasteiger charge is 2.26. The quantitative estimate of drug-likeness (QED) is 0.835. The Bertz CT molecular complexity index is 875. The first-order valence-electron chi connectivity index (χ1n) is 10.1. The lowest BCUT2D eigenvalue weighted by Crippen LogP contribution is -2.37.